The Balaban J connectivity index is 2.14. The van der Waals surface area contributed by atoms with E-state index in [9.17, 15) is 9.18 Å². The largest absolute Gasteiger partial charge is 0.496 e. The van der Waals surface area contributed by atoms with E-state index in [0.717, 1.165) is 10.2 Å². The van der Waals surface area contributed by atoms with Gasteiger partial charge in [-0.25, -0.2) is 9.18 Å². The van der Waals surface area contributed by atoms with Crippen LogP contribution in [0.4, 0.5) is 4.39 Å². The van der Waals surface area contributed by atoms with Gasteiger partial charge in [0.2, 0.25) is 0 Å². The summed E-state index contributed by atoms with van der Waals surface area (Å²) in [6.45, 7) is 1.87. The number of aromatic nitrogens is 2. The van der Waals surface area contributed by atoms with Gasteiger partial charge in [-0.1, -0.05) is 23.7 Å². The average Bonchev–Trinajstić information content (AvgIpc) is 2.89. The number of hydrogen-bond donors (Lipinski definition) is 0. The first-order chi connectivity index (χ1) is 11.0. The van der Waals surface area contributed by atoms with Crippen molar-refractivity contribution >= 4 is 11.6 Å². The molecule has 0 fully saturated rings. The fourth-order valence-corrected chi connectivity index (χ4v) is 2.43. The zero-order chi connectivity index (χ0) is 16.6. The van der Waals surface area contributed by atoms with E-state index >= 15 is 0 Å². The number of hydrogen-bond acceptors (Lipinski definition) is 4. The van der Waals surface area contributed by atoms with Gasteiger partial charge in [-0.05, 0) is 30.7 Å². The first-order valence-corrected chi connectivity index (χ1v) is 7.08. The molecular weight excluding hydrogens is 323 g/mol. The van der Waals surface area contributed by atoms with Crippen LogP contribution in [0, 0.1) is 12.7 Å². The zero-order valence-corrected chi connectivity index (χ0v) is 13.1. The third-order valence-corrected chi connectivity index (χ3v) is 3.68. The Morgan fingerprint density at radius 3 is 2.78 bits per heavy atom. The first kappa shape index (κ1) is 15.3. The Kier molecular flexibility index (Phi) is 3.92. The highest BCUT2D eigenvalue weighted by Crippen LogP contribution is 2.29. The van der Waals surface area contributed by atoms with Crippen LogP contribution < -0.4 is 10.5 Å². The molecule has 5 nitrogen and oxygen atoms in total. The van der Waals surface area contributed by atoms with Crippen LogP contribution in [-0.4, -0.2) is 16.9 Å². The Bertz CT molecular complexity index is 913. The number of benzene rings is 2. The van der Waals surface area contributed by atoms with Crippen molar-refractivity contribution in [1.82, 2.24) is 9.78 Å². The van der Waals surface area contributed by atoms with Crippen molar-refractivity contribution in [3.63, 3.8) is 0 Å². The lowest BCUT2D eigenvalue weighted by Crippen LogP contribution is -2.13. The van der Waals surface area contributed by atoms with Gasteiger partial charge in [0.1, 0.15) is 11.6 Å². The maximum Gasteiger partial charge on any atom is 0.442 e. The number of ether oxygens (including phenoxy) is 1. The number of rotatable bonds is 3. The lowest BCUT2D eigenvalue weighted by atomic mass is 10.2. The van der Waals surface area contributed by atoms with Crippen molar-refractivity contribution in [3.05, 3.63) is 63.4 Å². The van der Waals surface area contributed by atoms with Crippen LogP contribution in [0.3, 0.4) is 0 Å². The predicted molar refractivity (Wildman–Crippen MR) is 83.8 cm³/mol. The maximum absolute atomic E-state index is 13.9. The second-order valence-electron chi connectivity index (χ2n) is 4.84. The molecule has 118 valence electrons. The monoisotopic (exact) mass is 334 g/mol. The molecule has 7 heteroatoms. The molecule has 0 radical (unpaired) electrons. The molecule has 0 spiro atoms. The summed E-state index contributed by atoms with van der Waals surface area (Å²) in [7, 11) is 1.53. The Morgan fingerprint density at radius 1 is 1.30 bits per heavy atom. The van der Waals surface area contributed by atoms with Crippen molar-refractivity contribution in [2.24, 2.45) is 0 Å². The molecule has 0 aliphatic heterocycles. The molecule has 0 amide bonds. The molecule has 1 aromatic heterocycles. The highest BCUT2D eigenvalue weighted by Gasteiger charge is 2.18. The number of methoxy groups -OCH3 is 1. The minimum Gasteiger partial charge on any atom is -0.496 e. The van der Waals surface area contributed by atoms with E-state index in [1.54, 1.807) is 18.2 Å². The summed E-state index contributed by atoms with van der Waals surface area (Å²) in [4.78, 5) is 12.0. The lowest BCUT2D eigenvalue weighted by molar-refractivity contribution is 0.411. The van der Waals surface area contributed by atoms with E-state index in [-0.39, 0.29) is 16.5 Å². The highest BCUT2D eigenvalue weighted by atomic mass is 35.5. The highest BCUT2D eigenvalue weighted by molar-refractivity contribution is 6.33. The van der Waals surface area contributed by atoms with Gasteiger partial charge in [0, 0.05) is 6.07 Å². The van der Waals surface area contributed by atoms with Crippen molar-refractivity contribution in [3.8, 4) is 22.9 Å². The molecule has 2 aromatic carbocycles. The van der Waals surface area contributed by atoms with E-state index in [0.29, 0.717) is 11.4 Å². The maximum atomic E-state index is 13.9. The van der Waals surface area contributed by atoms with Gasteiger partial charge in [0.25, 0.3) is 5.89 Å². The zero-order valence-electron chi connectivity index (χ0n) is 12.3. The molecule has 0 atom stereocenters. The second-order valence-corrected chi connectivity index (χ2v) is 5.24. The van der Waals surface area contributed by atoms with E-state index in [4.69, 9.17) is 20.8 Å². The Labute approximate surface area is 135 Å². The van der Waals surface area contributed by atoms with Gasteiger partial charge in [-0.15, -0.1) is 5.10 Å². The number of aryl methyl sites for hydroxylation is 1. The van der Waals surface area contributed by atoms with Gasteiger partial charge < -0.3 is 9.15 Å². The van der Waals surface area contributed by atoms with Gasteiger partial charge in [0.15, 0.2) is 0 Å². The van der Waals surface area contributed by atoms with Crippen molar-refractivity contribution in [1.29, 1.82) is 0 Å². The summed E-state index contributed by atoms with van der Waals surface area (Å²) < 4.78 is 25.2. The molecule has 0 aliphatic carbocycles. The second kappa shape index (κ2) is 5.89. The van der Waals surface area contributed by atoms with E-state index in [1.807, 2.05) is 6.92 Å². The van der Waals surface area contributed by atoms with Crippen LogP contribution in [0.5, 0.6) is 5.75 Å². The first-order valence-electron chi connectivity index (χ1n) is 6.71. The Morgan fingerprint density at radius 2 is 2.09 bits per heavy atom. The summed E-state index contributed by atoms with van der Waals surface area (Å²) in [6, 6.07) is 9.29. The molecular formula is C16H12ClFN2O3. The fourth-order valence-electron chi connectivity index (χ4n) is 2.18. The quantitative estimate of drug-likeness (QED) is 0.734. The smallest absolute Gasteiger partial charge is 0.442 e. The summed E-state index contributed by atoms with van der Waals surface area (Å²) in [5.74, 6) is -0.946. The standard InChI is InChI=1S/C16H12ClFN2O3/c1-9-6-7-10(8-13(9)22-2)20-16(21)23-15(19-20)14-11(17)4-3-5-12(14)18/h3-8H,1-2H3. The third kappa shape index (κ3) is 2.73. The van der Waals surface area contributed by atoms with E-state index in [1.165, 1.54) is 25.3 Å². The predicted octanol–water partition coefficient (Wildman–Crippen LogP) is 3.60. The molecule has 0 saturated heterocycles. The molecule has 0 bridgehead atoms. The SMILES string of the molecule is COc1cc(-n2nc(-c3c(F)cccc3Cl)oc2=O)ccc1C. The molecule has 1 heterocycles. The van der Waals surface area contributed by atoms with Crippen LogP contribution in [0.15, 0.2) is 45.6 Å². The van der Waals surface area contributed by atoms with Crippen LogP contribution in [0.25, 0.3) is 17.1 Å². The van der Waals surface area contributed by atoms with Crippen molar-refractivity contribution < 1.29 is 13.5 Å². The molecule has 23 heavy (non-hydrogen) atoms. The van der Waals surface area contributed by atoms with E-state index < -0.39 is 11.6 Å². The topological polar surface area (TPSA) is 57.3 Å². The molecule has 0 unspecified atom stereocenters. The summed E-state index contributed by atoms with van der Waals surface area (Å²) in [5, 5.41) is 4.15. The minimum absolute atomic E-state index is 0.0518. The molecule has 0 saturated carbocycles. The lowest BCUT2D eigenvalue weighted by Gasteiger charge is -2.06. The van der Waals surface area contributed by atoms with Gasteiger partial charge >= 0.3 is 5.76 Å². The van der Waals surface area contributed by atoms with Crippen molar-refractivity contribution in [2.75, 3.05) is 7.11 Å². The van der Waals surface area contributed by atoms with Gasteiger partial charge in [0.05, 0.1) is 23.4 Å². The number of nitrogens with zero attached hydrogens (tertiary/aromatic N) is 2. The van der Waals surface area contributed by atoms with Gasteiger partial charge in [-0.2, -0.15) is 4.68 Å². The summed E-state index contributed by atoms with van der Waals surface area (Å²) in [5.41, 5.74) is 1.30. The normalized spacial score (nSPS) is 10.8. The third-order valence-electron chi connectivity index (χ3n) is 3.36. The van der Waals surface area contributed by atoms with Crippen LogP contribution >= 0.6 is 11.6 Å². The molecule has 3 aromatic rings. The fraction of sp³-hybridized carbons (Fsp3) is 0.125. The van der Waals surface area contributed by atoms with Crippen LogP contribution in [-0.2, 0) is 0 Å². The molecule has 3 rings (SSSR count). The van der Waals surface area contributed by atoms with E-state index in [2.05, 4.69) is 5.10 Å². The summed E-state index contributed by atoms with van der Waals surface area (Å²) >= 11 is 5.97. The summed E-state index contributed by atoms with van der Waals surface area (Å²) in [6.07, 6.45) is 0. The van der Waals surface area contributed by atoms with Gasteiger partial charge in [-0.3, -0.25) is 0 Å². The number of halogens is 2. The average molecular weight is 335 g/mol. The van der Waals surface area contributed by atoms with Crippen LogP contribution in [0.1, 0.15) is 5.56 Å². The minimum atomic E-state index is -0.745. The molecule has 0 aliphatic rings. The van der Waals surface area contributed by atoms with Crippen LogP contribution in [0.2, 0.25) is 5.02 Å². The van der Waals surface area contributed by atoms with Crippen molar-refractivity contribution in [2.45, 2.75) is 6.92 Å². The molecule has 0 N–H and O–H groups in total. The Hall–Kier alpha value is -2.60.